The molecule has 0 atom stereocenters. The Morgan fingerprint density at radius 3 is 2.45 bits per heavy atom. The van der Waals surface area contributed by atoms with Crippen LogP contribution in [0.5, 0.6) is 5.75 Å². The molecule has 2 aromatic rings. The third-order valence-corrected chi connectivity index (χ3v) is 5.08. The zero-order valence-electron chi connectivity index (χ0n) is 18.9. The van der Waals surface area contributed by atoms with Gasteiger partial charge in [0.05, 0.1) is 24.6 Å². The van der Waals surface area contributed by atoms with Crippen LogP contribution in [-0.4, -0.2) is 54.8 Å². The van der Waals surface area contributed by atoms with E-state index in [4.69, 9.17) is 13.7 Å². The van der Waals surface area contributed by atoms with Crippen LogP contribution in [0.2, 0.25) is 0 Å². The molecule has 162 valence electrons. The van der Waals surface area contributed by atoms with Gasteiger partial charge in [-0.2, -0.15) is 0 Å². The molecule has 1 aromatic heterocycles. The Morgan fingerprint density at radius 2 is 1.86 bits per heavy atom. The predicted octanol–water partition coefficient (Wildman–Crippen LogP) is 4.55. The first-order valence-corrected chi connectivity index (χ1v) is 10.5. The van der Waals surface area contributed by atoms with Crippen molar-refractivity contribution < 1.29 is 18.5 Å². The Labute approximate surface area is 178 Å². The number of ether oxygens (including phenoxy) is 2. The summed E-state index contributed by atoms with van der Waals surface area (Å²) in [5.74, 6) is 0.567. The van der Waals surface area contributed by atoms with E-state index in [0.29, 0.717) is 0 Å². The average molecular weight is 423 g/mol. The summed E-state index contributed by atoms with van der Waals surface area (Å²) in [4.78, 5) is 14.6. The molecule has 6 nitrogen and oxygen atoms in total. The Kier molecular flexibility index (Phi) is 7.65. The van der Waals surface area contributed by atoms with Gasteiger partial charge < -0.3 is 14.4 Å². The normalized spacial score (nSPS) is 12.6. The topological polar surface area (TPSA) is 52.9 Å². The highest BCUT2D eigenvalue weighted by molar-refractivity contribution is 7.93. The molecule has 0 amide bonds. The average Bonchev–Trinajstić information content (AvgIpc) is 2.95. The lowest BCUT2D eigenvalue weighted by molar-refractivity contribution is -0.167. The lowest BCUT2D eigenvalue weighted by Gasteiger charge is -2.27. The highest BCUT2D eigenvalue weighted by Crippen LogP contribution is 2.31. The van der Waals surface area contributed by atoms with Crippen LogP contribution < -0.4 is 4.74 Å². The van der Waals surface area contributed by atoms with Gasteiger partial charge in [-0.1, -0.05) is 0 Å². The molecule has 0 aliphatic heterocycles. The number of methoxy groups -OCH3 is 1. The van der Waals surface area contributed by atoms with E-state index >= 15 is 0 Å². The molecule has 0 spiro atoms. The first-order chi connectivity index (χ1) is 13.4. The van der Waals surface area contributed by atoms with E-state index in [9.17, 15) is 4.79 Å². The number of hydrogen-bond donors (Lipinski definition) is 0. The number of benzene rings is 1. The number of carbonyl (C=O) groups excluding carboxylic acids is 1. The van der Waals surface area contributed by atoms with Crippen LogP contribution in [0.3, 0.4) is 0 Å². The first kappa shape index (κ1) is 23.6. The van der Waals surface area contributed by atoms with Crippen LogP contribution in [-0.2, 0) is 20.1 Å². The van der Waals surface area contributed by atoms with Crippen molar-refractivity contribution >= 4 is 29.1 Å². The van der Waals surface area contributed by atoms with Crippen molar-refractivity contribution in [2.45, 2.75) is 46.6 Å². The second kappa shape index (κ2) is 9.41. The van der Waals surface area contributed by atoms with E-state index in [1.54, 1.807) is 7.11 Å². The van der Waals surface area contributed by atoms with Gasteiger partial charge in [-0.25, -0.2) is 0 Å². The van der Waals surface area contributed by atoms with Gasteiger partial charge in [0.25, 0.3) is 0 Å². The maximum Gasteiger partial charge on any atom is 0.314 e. The maximum atomic E-state index is 12.4. The first-order valence-electron chi connectivity index (χ1n) is 9.79. The zero-order valence-corrected chi connectivity index (χ0v) is 19.7. The third-order valence-electron chi connectivity index (χ3n) is 4.39. The minimum atomic E-state index is -0.736. The molecule has 0 saturated carbocycles. The molecule has 1 heterocycles. The van der Waals surface area contributed by atoms with Crippen molar-refractivity contribution in [2.24, 2.45) is 5.41 Å². The summed E-state index contributed by atoms with van der Waals surface area (Å²) in [7, 11) is 5.81. The third kappa shape index (κ3) is 6.66. The summed E-state index contributed by atoms with van der Waals surface area (Å²) in [6.45, 7) is 10.5. The zero-order chi connectivity index (χ0) is 21.8. The number of likely N-dealkylation sites (N-methyl/N-ethyl adjacent to an activating group) is 1. The standard InChI is InChI=1S/C22H34N2O4S/c1-21(2,3)28-20(25)22(4,5)15-27-29-24-14-16(11-12-23(6)7)18-13-17(26-8)9-10-19(18)24/h9-10,13-14H,11-12,15H2,1-8H3. The number of fused-ring (bicyclic) bond motifs is 1. The van der Waals surface area contributed by atoms with Crippen LogP contribution >= 0.6 is 12.2 Å². The summed E-state index contributed by atoms with van der Waals surface area (Å²) in [5, 5.41) is 1.15. The van der Waals surface area contributed by atoms with Gasteiger partial charge in [-0.3, -0.25) is 13.0 Å². The van der Waals surface area contributed by atoms with E-state index < -0.39 is 11.0 Å². The van der Waals surface area contributed by atoms with Crippen molar-refractivity contribution in [2.75, 3.05) is 34.4 Å². The van der Waals surface area contributed by atoms with Crippen LogP contribution in [0, 0.1) is 5.41 Å². The van der Waals surface area contributed by atoms with Gasteiger partial charge in [-0.15, -0.1) is 0 Å². The van der Waals surface area contributed by atoms with Gasteiger partial charge in [-0.05, 0) is 78.9 Å². The van der Waals surface area contributed by atoms with E-state index in [-0.39, 0.29) is 12.6 Å². The van der Waals surface area contributed by atoms with Gasteiger partial charge in [0, 0.05) is 18.1 Å². The minimum absolute atomic E-state index is 0.245. The second-order valence-corrected chi connectivity index (χ2v) is 9.92. The molecular weight excluding hydrogens is 388 g/mol. The van der Waals surface area contributed by atoms with Crippen LogP contribution in [0.25, 0.3) is 10.9 Å². The predicted molar refractivity (Wildman–Crippen MR) is 119 cm³/mol. The fourth-order valence-electron chi connectivity index (χ4n) is 2.68. The summed E-state index contributed by atoms with van der Waals surface area (Å²) in [5.41, 5.74) is 1.04. The number of rotatable bonds is 9. The Morgan fingerprint density at radius 1 is 1.17 bits per heavy atom. The molecule has 0 bridgehead atoms. The number of nitrogens with zero attached hydrogens (tertiary/aromatic N) is 2. The molecule has 2 rings (SSSR count). The molecule has 29 heavy (non-hydrogen) atoms. The van der Waals surface area contributed by atoms with E-state index in [1.165, 1.54) is 17.8 Å². The number of esters is 1. The highest BCUT2D eigenvalue weighted by Gasteiger charge is 2.33. The van der Waals surface area contributed by atoms with Gasteiger partial charge in [0.1, 0.15) is 23.6 Å². The number of aromatic nitrogens is 1. The van der Waals surface area contributed by atoms with Crippen molar-refractivity contribution in [3.63, 3.8) is 0 Å². The molecule has 0 aliphatic carbocycles. The second-order valence-electron chi connectivity index (χ2n) is 9.14. The van der Waals surface area contributed by atoms with Crippen molar-refractivity contribution in [3.8, 4) is 5.75 Å². The monoisotopic (exact) mass is 422 g/mol. The molecule has 0 saturated heterocycles. The SMILES string of the molecule is COc1ccc2c(c1)c(CCN(C)C)cn2SOCC(C)(C)C(=O)OC(C)(C)C. The molecule has 1 aromatic carbocycles. The van der Waals surface area contributed by atoms with E-state index in [0.717, 1.165) is 29.6 Å². The lowest BCUT2D eigenvalue weighted by Crippen LogP contribution is -2.36. The largest absolute Gasteiger partial charge is 0.497 e. The van der Waals surface area contributed by atoms with Crippen LogP contribution in [0.15, 0.2) is 24.4 Å². The summed E-state index contributed by atoms with van der Waals surface area (Å²) in [6, 6.07) is 6.03. The Bertz CT molecular complexity index is 837. The molecule has 0 unspecified atom stereocenters. The van der Waals surface area contributed by atoms with Gasteiger partial charge in [0.15, 0.2) is 0 Å². The fourth-order valence-corrected chi connectivity index (χ4v) is 3.55. The van der Waals surface area contributed by atoms with Crippen molar-refractivity contribution in [1.82, 2.24) is 8.87 Å². The highest BCUT2D eigenvalue weighted by atomic mass is 32.2. The number of carbonyl (C=O) groups is 1. The number of hydrogen-bond acceptors (Lipinski definition) is 6. The maximum absolute atomic E-state index is 12.4. The van der Waals surface area contributed by atoms with Gasteiger partial charge in [0.2, 0.25) is 0 Å². The van der Waals surface area contributed by atoms with Crippen LogP contribution in [0.1, 0.15) is 40.2 Å². The fraction of sp³-hybridized carbons (Fsp3) is 0.591. The summed E-state index contributed by atoms with van der Waals surface area (Å²) in [6.07, 6.45) is 3.02. The van der Waals surface area contributed by atoms with Crippen molar-refractivity contribution in [1.29, 1.82) is 0 Å². The van der Waals surface area contributed by atoms with Crippen LogP contribution in [0.4, 0.5) is 0 Å². The molecular formula is C22H34N2O4S. The molecule has 0 aliphatic rings. The summed E-state index contributed by atoms with van der Waals surface area (Å²) >= 11 is 1.24. The molecule has 7 heteroatoms. The minimum Gasteiger partial charge on any atom is -0.497 e. The molecule has 0 fully saturated rings. The van der Waals surface area contributed by atoms with E-state index in [1.807, 2.05) is 50.7 Å². The Balaban J connectivity index is 2.14. The lowest BCUT2D eigenvalue weighted by atomic mass is 9.95. The summed E-state index contributed by atoms with van der Waals surface area (Å²) < 4.78 is 18.8. The van der Waals surface area contributed by atoms with Gasteiger partial charge >= 0.3 is 5.97 Å². The quantitative estimate of drug-likeness (QED) is 0.436. The smallest absolute Gasteiger partial charge is 0.314 e. The molecule has 0 N–H and O–H groups in total. The van der Waals surface area contributed by atoms with Crippen molar-refractivity contribution in [3.05, 3.63) is 30.0 Å². The Hall–Kier alpha value is -1.70. The van der Waals surface area contributed by atoms with E-state index in [2.05, 4.69) is 31.3 Å². The molecule has 0 radical (unpaired) electrons.